The lowest BCUT2D eigenvalue weighted by Gasteiger charge is -2.32. The van der Waals surface area contributed by atoms with E-state index >= 15 is 0 Å². The minimum atomic E-state index is -0.406. The third kappa shape index (κ3) is 3.90. The molecule has 2 amide bonds. The van der Waals surface area contributed by atoms with Gasteiger partial charge in [0.2, 0.25) is 5.91 Å². The fourth-order valence-corrected chi connectivity index (χ4v) is 4.39. The first kappa shape index (κ1) is 19.7. The second kappa shape index (κ2) is 8.47. The zero-order chi connectivity index (χ0) is 21.2. The summed E-state index contributed by atoms with van der Waals surface area (Å²) in [5, 5.41) is 0. The van der Waals surface area contributed by atoms with Crippen LogP contribution in [0, 0.1) is 0 Å². The molecule has 1 aromatic carbocycles. The number of carbonyl (C=O) groups excluding carboxylic acids is 2. The maximum Gasteiger partial charge on any atom is 0.256 e. The molecule has 31 heavy (non-hydrogen) atoms. The van der Waals surface area contributed by atoms with Crippen molar-refractivity contribution in [2.75, 3.05) is 32.8 Å². The van der Waals surface area contributed by atoms with Crippen LogP contribution in [0.4, 0.5) is 0 Å². The van der Waals surface area contributed by atoms with E-state index in [1.165, 1.54) is 0 Å². The summed E-state index contributed by atoms with van der Waals surface area (Å²) in [6.45, 7) is 3.53. The molecule has 4 heterocycles. The number of morpholine rings is 1. The number of hydrogen-bond donors (Lipinski definition) is 0. The first-order valence-corrected chi connectivity index (χ1v) is 10.7. The minimum Gasteiger partial charge on any atom is -0.378 e. The molecule has 0 spiro atoms. The van der Waals surface area contributed by atoms with Gasteiger partial charge in [0.05, 0.1) is 31.6 Å². The highest BCUT2D eigenvalue weighted by molar-refractivity contribution is 5.99. The lowest BCUT2D eigenvalue weighted by atomic mass is 10.1. The quantitative estimate of drug-likeness (QED) is 0.646. The van der Waals surface area contributed by atoms with E-state index in [1.807, 2.05) is 27.7 Å². The van der Waals surface area contributed by atoms with Gasteiger partial charge in [-0.2, -0.15) is 0 Å². The number of amides is 2. The summed E-state index contributed by atoms with van der Waals surface area (Å²) < 4.78 is 7.32. The number of hydrogen-bond acceptors (Lipinski definition) is 5. The number of likely N-dealkylation sites (tertiary alicyclic amines) is 1. The van der Waals surface area contributed by atoms with Gasteiger partial charge < -0.3 is 19.1 Å². The van der Waals surface area contributed by atoms with Crippen LogP contribution in [0.3, 0.4) is 0 Å². The van der Waals surface area contributed by atoms with Gasteiger partial charge in [-0.05, 0) is 24.5 Å². The van der Waals surface area contributed by atoms with Crippen LogP contribution in [0.15, 0.2) is 48.9 Å². The number of nitrogens with zero attached hydrogens (tertiary/aromatic N) is 5. The molecule has 0 aliphatic carbocycles. The van der Waals surface area contributed by atoms with Crippen molar-refractivity contribution in [3.63, 3.8) is 0 Å². The van der Waals surface area contributed by atoms with E-state index in [0.29, 0.717) is 56.9 Å². The average molecular weight is 419 g/mol. The van der Waals surface area contributed by atoms with Crippen LogP contribution in [-0.4, -0.2) is 75.0 Å². The summed E-state index contributed by atoms with van der Waals surface area (Å²) in [7, 11) is 0. The van der Waals surface area contributed by atoms with E-state index in [4.69, 9.17) is 4.74 Å². The molecule has 8 nitrogen and oxygen atoms in total. The molecular weight excluding hydrogens is 394 g/mol. The van der Waals surface area contributed by atoms with E-state index in [1.54, 1.807) is 23.5 Å². The summed E-state index contributed by atoms with van der Waals surface area (Å²) in [5.74, 6) is -0.133. The van der Waals surface area contributed by atoms with Crippen molar-refractivity contribution in [3.8, 4) is 0 Å². The minimum absolute atomic E-state index is 0.0235. The molecular formula is C23H25N5O3. The van der Waals surface area contributed by atoms with Gasteiger partial charge in [-0.25, -0.2) is 9.97 Å². The summed E-state index contributed by atoms with van der Waals surface area (Å²) in [5.41, 5.74) is 3.05. The molecule has 0 bridgehead atoms. The van der Waals surface area contributed by atoms with Crippen LogP contribution < -0.4 is 0 Å². The highest BCUT2D eigenvalue weighted by Gasteiger charge is 2.37. The molecule has 0 unspecified atom stereocenters. The molecule has 2 fully saturated rings. The fourth-order valence-electron chi connectivity index (χ4n) is 4.39. The first-order valence-electron chi connectivity index (χ1n) is 10.7. The lowest BCUT2D eigenvalue weighted by molar-refractivity contribution is -0.139. The molecule has 2 aliphatic rings. The van der Waals surface area contributed by atoms with Crippen LogP contribution in [0.2, 0.25) is 0 Å². The Morgan fingerprint density at radius 3 is 2.68 bits per heavy atom. The number of benzene rings is 1. The standard InChI is InChI=1S/C23H25N5O3/c29-22(28-8-4-7-20(28)23(30)26-9-11-31-12-10-26)18-13-19-21(24-14-18)27(16-25-19)15-17-5-2-1-3-6-17/h1-3,5-6,13-14,16,20H,4,7-12,15H2/t20-/m0/s1. The Bertz CT molecular complexity index is 1090. The van der Waals surface area contributed by atoms with Crippen molar-refractivity contribution in [1.29, 1.82) is 0 Å². The van der Waals surface area contributed by atoms with Crippen LogP contribution in [0.25, 0.3) is 11.2 Å². The Kier molecular flexibility index (Phi) is 5.38. The normalized spacial score (nSPS) is 19.2. The summed E-state index contributed by atoms with van der Waals surface area (Å²) in [6, 6.07) is 11.5. The van der Waals surface area contributed by atoms with Crippen LogP contribution in [-0.2, 0) is 16.1 Å². The second-order valence-corrected chi connectivity index (χ2v) is 8.02. The van der Waals surface area contributed by atoms with Gasteiger partial charge in [-0.3, -0.25) is 9.59 Å². The van der Waals surface area contributed by atoms with Gasteiger partial charge in [0.25, 0.3) is 5.91 Å². The molecule has 5 rings (SSSR count). The monoisotopic (exact) mass is 419 g/mol. The summed E-state index contributed by atoms with van der Waals surface area (Å²) >= 11 is 0. The largest absolute Gasteiger partial charge is 0.378 e. The van der Waals surface area contributed by atoms with Crippen molar-refractivity contribution in [3.05, 3.63) is 60.0 Å². The Morgan fingerprint density at radius 2 is 1.87 bits per heavy atom. The van der Waals surface area contributed by atoms with Gasteiger partial charge in [-0.1, -0.05) is 30.3 Å². The van der Waals surface area contributed by atoms with Crippen LogP contribution in [0.1, 0.15) is 28.8 Å². The third-order valence-corrected chi connectivity index (χ3v) is 6.02. The fraction of sp³-hybridized carbons (Fsp3) is 0.391. The molecule has 0 radical (unpaired) electrons. The molecule has 3 aromatic rings. The van der Waals surface area contributed by atoms with Crippen molar-refractivity contribution in [2.24, 2.45) is 0 Å². The predicted molar refractivity (Wildman–Crippen MR) is 115 cm³/mol. The van der Waals surface area contributed by atoms with Gasteiger partial charge in [0.15, 0.2) is 5.65 Å². The van der Waals surface area contributed by atoms with Crippen molar-refractivity contribution < 1.29 is 14.3 Å². The van der Waals surface area contributed by atoms with E-state index in [9.17, 15) is 9.59 Å². The predicted octanol–water partition coefficient (Wildman–Crippen LogP) is 1.94. The van der Waals surface area contributed by atoms with Crippen molar-refractivity contribution in [2.45, 2.75) is 25.4 Å². The van der Waals surface area contributed by atoms with E-state index in [2.05, 4.69) is 22.1 Å². The Labute approximate surface area is 180 Å². The van der Waals surface area contributed by atoms with E-state index in [-0.39, 0.29) is 11.8 Å². The van der Waals surface area contributed by atoms with E-state index < -0.39 is 6.04 Å². The number of pyridine rings is 1. The Hall–Kier alpha value is -3.26. The third-order valence-electron chi connectivity index (χ3n) is 6.02. The smallest absolute Gasteiger partial charge is 0.256 e. The highest BCUT2D eigenvalue weighted by Crippen LogP contribution is 2.23. The maximum atomic E-state index is 13.2. The average Bonchev–Trinajstić information content (AvgIpc) is 3.47. The second-order valence-electron chi connectivity index (χ2n) is 8.02. The van der Waals surface area contributed by atoms with Crippen molar-refractivity contribution in [1.82, 2.24) is 24.3 Å². The zero-order valence-corrected chi connectivity index (χ0v) is 17.3. The number of carbonyl (C=O) groups is 2. The topological polar surface area (TPSA) is 80.6 Å². The Morgan fingerprint density at radius 1 is 1.06 bits per heavy atom. The van der Waals surface area contributed by atoms with Crippen molar-refractivity contribution >= 4 is 23.0 Å². The van der Waals surface area contributed by atoms with E-state index in [0.717, 1.165) is 17.6 Å². The number of fused-ring (bicyclic) bond motifs is 1. The number of imidazole rings is 1. The van der Waals surface area contributed by atoms with Gasteiger partial charge in [0.1, 0.15) is 11.6 Å². The SMILES string of the molecule is O=C([C@@H]1CCCN1C(=O)c1cnc2c(c1)ncn2Cc1ccccc1)N1CCOCC1. The summed E-state index contributed by atoms with van der Waals surface area (Å²) in [4.78, 5) is 38.7. The molecule has 2 aromatic heterocycles. The molecule has 2 aliphatic heterocycles. The molecule has 2 saturated heterocycles. The van der Waals surface area contributed by atoms with Crippen LogP contribution in [0.5, 0.6) is 0 Å². The lowest BCUT2D eigenvalue weighted by Crippen LogP contribution is -2.51. The number of ether oxygens (including phenoxy) is 1. The van der Waals surface area contributed by atoms with Gasteiger partial charge in [0, 0.05) is 25.8 Å². The molecule has 0 N–H and O–H groups in total. The molecule has 0 saturated carbocycles. The highest BCUT2D eigenvalue weighted by atomic mass is 16.5. The number of aromatic nitrogens is 3. The molecule has 8 heteroatoms. The van der Waals surface area contributed by atoms with Gasteiger partial charge >= 0.3 is 0 Å². The zero-order valence-electron chi connectivity index (χ0n) is 17.3. The number of rotatable bonds is 4. The summed E-state index contributed by atoms with van der Waals surface area (Å²) in [6.07, 6.45) is 4.87. The van der Waals surface area contributed by atoms with Gasteiger partial charge in [-0.15, -0.1) is 0 Å². The first-order chi connectivity index (χ1) is 15.2. The molecule has 160 valence electrons. The Balaban J connectivity index is 1.35. The molecule has 1 atom stereocenters. The maximum absolute atomic E-state index is 13.2. The van der Waals surface area contributed by atoms with Crippen LogP contribution >= 0.6 is 0 Å².